The fraction of sp³-hybridized carbons (Fsp3) is 0.429. The van der Waals surface area contributed by atoms with E-state index in [0.29, 0.717) is 13.0 Å². The molecule has 1 unspecified atom stereocenters. The first-order valence-corrected chi connectivity index (χ1v) is 6.36. The molecule has 18 heavy (non-hydrogen) atoms. The number of carbonyl (C=O) groups is 2. The molecule has 3 rings (SSSR count). The molecule has 0 radical (unpaired) electrons. The Morgan fingerprint density at radius 1 is 1.17 bits per heavy atom. The predicted octanol–water partition coefficient (Wildman–Crippen LogP) is 0.406. The van der Waals surface area contributed by atoms with Crippen LogP contribution in [0.25, 0.3) is 0 Å². The summed E-state index contributed by atoms with van der Waals surface area (Å²) in [5.74, 6) is -0.211. The maximum absolute atomic E-state index is 12.0. The van der Waals surface area contributed by atoms with E-state index in [1.165, 1.54) is 11.1 Å². The molecule has 2 N–H and O–H groups in total. The van der Waals surface area contributed by atoms with Crippen LogP contribution in [0.15, 0.2) is 24.3 Å². The number of fused-ring (bicyclic) bond motifs is 1. The molecule has 0 bridgehead atoms. The van der Waals surface area contributed by atoms with Crippen LogP contribution in [0.1, 0.15) is 17.5 Å². The summed E-state index contributed by atoms with van der Waals surface area (Å²) < 4.78 is 0. The van der Waals surface area contributed by atoms with E-state index < -0.39 is 0 Å². The molecule has 1 aromatic rings. The lowest BCUT2D eigenvalue weighted by Crippen LogP contribution is -2.40. The van der Waals surface area contributed by atoms with Gasteiger partial charge in [-0.1, -0.05) is 24.3 Å². The topological polar surface area (TPSA) is 58.2 Å². The zero-order valence-electron chi connectivity index (χ0n) is 10.1. The quantitative estimate of drug-likeness (QED) is 0.791. The van der Waals surface area contributed by atoms with Gasteiger partial charge in [0.15, 0.2) is 0 Å². The van der Waals surface area contributed by atoms with Crippen LogP contribution < -0.4 is 10.6 Å². The number of nitrogens with one attached hydrogen (secondary N) is 2. The number of hydrogen-bond acceptors (Lipinski definition) is 2. The Morgan fingerprint density at radius 2 is 1.83 bits per heavy atom. The fourth-order valence-corrected chi connectivity index (χ4v) is 2.77. The molecule has 1 aliphatic carbocycles. The van der Waals surface area contributed by atoms with Crippen molar-refractivity contribution in [1.82, 2.24) is 10.6 Å². The minimum Gasteiger partial charge on any atom is -0.355 e. The van der Waals surface area contributed by atoms with Crippen molar-refractivity contribution in [3.8, 4) is 0 Å². The Morgan fingerprint density at radius 3 is 2.39 bits per heavy atom. The first-order valence-electron chi connectivity index (χ1n) is 6.36. The Labute approximate surface area is 106 Å². The van der Waals surface area contributed by atoms with Gasteiger partial charge in [-0.15, -0.1) is 0 Å². The molecule has 1 aliphatic heterocycles. The van der Waals surface area contributed by atoms with Gasteiger partial charge in [-0.2, -0.15) is 0 Å². The second-order valence-corrected chi connectivity index (χ2v) is 5.09. The van der Waals surface area contributed by atoms with Gasteiger partial charge in [-0.25, -0.2) is 0 Å². The van der Waals surface area contributed by atoms with Gasteiger partial charge in [0.25, 0.3) is 0 Å². The van der Waals surface area contributed by atoms with Crippen LogP contribution >= 0.6 is 0 Å². The summed E-state index contributed by atoms with van der Waals surface area (Å²) in [4.78, 5) is 23.1. The van der Waals surface area contributed by atoms with Crippen LogP contribution in [0.4, 0.5) is 0 Å². The lowest BCUT2D eigenvalue weighted by Gasteiger charge is -2.14. The Balaban J connectivity index is 1.59. The highest BCUT2D eigenvalue weighted by Crippen LogP contribution is 2.22. The van der Waals surface area contributed by atoms with Crippen molar-refractivity contribution in [2.24, 2.45) is 5.92 Å². The Hall–Kier alpha value is -1.84. The highest BCUT2D eigenvalue weighted by atomic mass is 16.2. The third-order valence-corrected chi connectivity index (χ3v) is 3.75. The monoisotopic (exact) mass is 244 g/mol. The van der Waals surface area contributed by atoms with Crippen molar-refractivity contribution in [3.05, 3.63) is 35.4 Å². The van der Waals surface area contributed by atoms with Crippen LogP contribution in [0, 0.1) is 5.92 Å². The molecule has 4 nitrogen and oxygen atoms in total. The maximum atomic E-state index is 12.0. The smallest absolute Gasteiger partial charge is 0.225 e. The van der Waals surface area contributed by atoms with Gasteiger partial charge < -0.3 is 10.6 Å². The number of amides is 2. The summed E-state index contributed by atoms with van der Waals surface area (Å²) in [5, 5.41) is 5.75. The van der Waals surface area contributed by atoms with Gasteiger partial charge in [-0.05, 0) is 24.0 Å². The molecule has 1 saturated heterocycles. The molecule has 94 valence electrons. The third-order valence-electron chi connectivity index (χ3n) is 3.75. The number of carbonyl (C=O) groups excluding carboxylic acids is 2. The van der Waals surface area contributed by atoms with Gasteiger partial charge in [0.2, 0.25) is 11.8 Å². The summed E-state index contributed by atoms with van der Waals surface area (Å²) >= 11 is 0. The average molecular weight is 244 g/mol. The second kappa shape index (κ2) is 4.44. The van der Waals surface area contributed by atoms with E-state index >= 15 is 0 Å². The lowest BCUT2D eigenvalue weighted by atomic mass is 10.1. The van der Waals surface area contributed by atoms with E-state index in [4.69, 9.17) is 0 Å². The summed E-state index contributed by atoms with van der Waals surface area (Å²) in [6.45, 7) is 0.477. The van der Waals surface area contributed by atoms with Gasteiger partial charge in [0.1, 0.15) is 0 Å². The number of benzene rings is 1. The molecule has 1 atom stereocenters. The molecular formula is C14H16N2O2. The minimum absolute atomic E-state index is 0.00570. The molecule has 1 heterocycles. The first-order chi connectivity index (χ1) is 8.72. The molecule has 2 amide bonds. The van der Waals surface area contributed by atoms with Crippen LogP contribution in [0.5, 0.6) is 0 Å². The number of rotatable bonds is 2. The van der Waals surface area contributed by atoms with Crippen LogP contribution in [0.3, 0.4) is 0 Å². The highest BCUT2D eigenvalue weighted by molar-refractivity contribution is 5.89. The zero-order valence-corrected chi connectivity index (χ0v) is 10.1. The van der Waals surface area contributed by atoms with E-state index in [-0.39, 0.29) is 23.8 Å². The van der Waals surface area contributed by atoms with Crippen molar-refractivity contribution < 1.29 is 9.59 Å². The Kier molecular flexibility index (Phi) is 2.78. The maximum Gasteiger partial charge on any atom is 0.225 e. The SMILES string of the molecule is O=C1CC(C(=O)NC2Cc3ccccc3C2)CN1. The molecule has 0 aromatic heterocycles. The molecular weight excluding hydrogens is 228 g/mol. The van der Waals surface area contributed by atoms with Crippen LogP contribution in [-0.4, -0.2) is 24.4 Å². The first kappa shape index (κ1) is 11.3. The van der Waals surface area contributed by atoms with Gasteiger partial charge in [0.05, 0.1) is 5.92 Å². The van der Waals surface area contributed by atoms with Crippen LogP contribution in [0.2, 0.25) is 0 Å². The number of hydrogen-bond donors (Lipinski definition) is 2. The summed E-state index contributed by atoms with van der Waals surface area (Å²) in [5.41, 5.74) is 2.65. The van der Waals surface area contributed by atoms with E-state index in [1.807, 2.05) is 12.1 Å². The molecule has 0 spiro atoms. The van der Waals surface area contributed by atoms with Crippen molar-refractivity contribution in [2.75, 3.05) is 6.54 Å². The summed E-state index contributed by atoms with van der Waals surface area (Å²) in [6, 6.07) is 8.47. The zero-order chi connectivity index (χ0) is 12.5. The molecule has 4 heteroatoms. The van der Waals surface area contributed by atoms with Gasteiger partial charge in [0, 0.05) is 19.0 Å². The molecule has 0 saturated carbocycles. The summed E-state index contributed by atoms with van der Waals surface area (Å²) in [7, 11) is 0. The van der Waals surface area contributed by atoms with E-state index in [1.54, 1.807) is 0 Å². The highest BCUT2D eigenvalue weighted by Gasteiger charge is 2.30. The molecule has 1 aromatic carbocycles. The van der Waals surface area contributed by atoms with Gasteiger partial charge >= 0.3 is 0 Å². The third kappa shape index (κ3) is 2.10. The van der Waals surface area contributed by atoms with Gasteiger partial charge in [-0.3, -0.25) is 9.59 Å². The van der Waals surface area contributed by atoms with Crippen molar-refractivity contribution in [3.63, 3.8) is 0 Å². The fourth-order valence-electron chi connectivity index (χ4n) is 2.77. The lowest BCUT2D eigenvalue weighted by molar-refractivity contribution is -0.127. The van der Waals surface area contributed by atoms with Crippen molar-refractivity contribution in [2.45, 2.75) is 25.3 Å². The van der Waals surface area contributed by atoms with Crippen molar-refractivity contribution >= 4 is 11.8 Å². The van der Waals surface area contributed by atoms with E-state index in [2.05, 4.69) is 22.8 Å². The van der Waals surface area contributed by atoms with Crippen LogP contribution in [-0.2, 0) is 22.4 Å². The van der Waals surface area contributed by atoms with E-state index in [0.717, 1.165) is 12.8 Å². The van der Waals surface area contributed by atoms with Crippen molar-refractivity contribution in [1.29, 1.82) is 0 Å². The second-order valence-electron chi connectivity index (χ2n) is 5.09. The minimum atomic E-state index is -0.193. The largest absolute Gasteiger partial charge is 0.355 e. The predicted molar refractivity (Wildman–Crippen MR) is 66.9 cm³/mol. The molecule has 1 fully saturated rings. The summed E-state index contributed by atoms with van der Waals surface area (Å²) in [6.07, 6.45) is 2.12. The normalized spacial score (nSPS) is 22.7. The Bertz CT molecular complexity index is 473. The standard InChI is InChI=1S/C14H16N2O2/c17-13-7-11(8-15-13)14(18)16-12-5-9-3-1-2-4-10(9)6-12/h1-4,11-12H,5-8H2,(H,15,17)(H,16,18). The molecule has 2 aliphatic rings. The van der Waals surface area contributed by atoms with E-state index in [9.17, 15) is 9.59 Å². The average Bonchev–Trinajstić information content (AvgIpc) is 2.94.